The number of rotatable bonds is 6. The normalized spacial score (nSPS) is 19.6. The summed E-state index contributed by atoms with van der Waals surface area (Å²) in [5, 5.41) is 0. The highest BCUT2D eigenvalue weighted by Crippen LogP contribution is 2.23. The van der Waals surface area contributed by atoms with Crippen molar-refractivity contribution in [1.29, 1.82) is 0 Å². The largest absolute Gasteiger partial charge is 0.497 e. The zero-order valence-electron chi connectivity index (χ0n) is 15.2. The van der Waals surface area contributed by atoms with Crippen LogP contribution in [-0.2, 0) is 0 Å². The van der Waals surface area contributed by atoms with Gasteiger partial charge in [0.15, 0.2) is 0 Å². The molecule has 0 spiro atoms. The predicted octanol–water partition coefficient (Wildman–Crippen LogP) is 3.87. The highest BCUT2D eigenvalue weighted by Gasteiger charge is 2.24. The fourth-order valence-corrected chi connectivity index (χ4v) is 3.78. The number of halogens is 2. The Balaban J connectivity index is 0.00000156. The molecule has 144 valence electrons. The van der Waals surface area contributed by atoms with Crippen molar-refractivity contribution >= 4 is 24.8 Å². The van der Waals surface area contributed by atoms with E-state index < -0.39 is 0 Å². The molecule has 2 fully saturated rings. The second-order valence-corrected chi connectivity index (χ2v) is 6.70. The highest BCUT2D eigenvalue weighted by atomic mass is 35.5. The van der Waals surface area contributed by atoms with Crippen LogP contribution in [0.1, 0.15) is 32.1 Å². The average molecular weight is 391 g/mol. The van der Waals surface area contributed by atoms with Gasteiger partial charge in [-0.1, -0.05) is 25.3 Å². The number of hydrogen-bond acceptors (Lipinski definition) is 4. The van der Waals surface area contributed by atoms with E-state index in [1.807, 2.05) is 24.3 Å². The molecule has 2 aliphatic rings. The zero-order chi connectivity index (χ0) is 15.9. The number of benzene rings is 1. The molecule has 0 radical (unpaired) electrons. The van der Waals surface area contributed by atoms with E-state index in [-0.39, 0.29) is 24.8 Å². The molecule has 3 rings (SSSR count). The monoisotopic (exact) mass is 390 g/mol. The Kier molecular flexibility index (Phi) is 10.6. The van der Waals surface area contributed by atoms with Crippen molar-refractivity contribution < 1.29 is 9.47 Å². The molecule has 6 heteroatoms. The van der Waals surface area contributed by atoms with Gasteiger partial charge in [0, 0.05) is 44.8 Å². The molecule has 0 unspecified atom stereocenters. The maximum absolute atomic E-state index is 5.86. The number of hydrogen-bond donors (Lipinski definition) is 0. The molecule has 1 saturated heterocycles. The average Bonchev–Trinajstić information content (AvgIpc) is 2.63. The second kappa shape index (κ2) is 11.8. The first-order valence-electron chi connectivity index (χ1n) is 9.08. The quantitative estimate of drug-likeness (QED) is 0.735. The Morgan fingerprint density at radius 3 is 2.32 bits per heavy atom. The lowest BCUT2D eigenvalue weighted by Gasteiger charge is -2.40. The van der Waals surface area contributed by atoms with Crippen molar-refractivity contribution in [3.05, 3.63) is 24.3 Å². The Labute approximate surface area is 164 Å². The standard InChI is InChI=1S/C19H30N2O2.2ClH/c1-22-18-8-5-9-19(16-18)23-15-14-20-10-12-21(13-11-20)17-6-3-2-4-7-17;;/h5,8-9,16-17H,2-4,6-7,10-15H2,1H3;2*1H. The lowest BCUT2D eigenvalue weighted by atomic mass is 9.94. The Bertz CT molecular complexity index is 476. The van der Waals surface area contributed by atoms with E-state index in [1.165, 1.54) is 58.3 Å². The van der Waals surface area contributed by atoms with E-state index in [1.54, 1.807) is 7.11 Å². The predicted molar refractivity (Wildman–Crippen MR) is 108 cm³/mol. The summed E-state index contributed by atoms with van der Waals surface area (Å²) in [6.45, 7) is 6.57. The number of nitrogens with zero attached hydrogens (tertiary/aromatic N) is 2. The van der Waals surface area contributed by atoms with Crippen LogP contribution in [0.5, 0.6) is 11.5 Å². The first-order chi connectivity index (χ1) is 11.3. The lowest BCUT2D eigenvalue weighted by Crippen LogP contribution is -2.51. The molecule has 0 aromatic heterocycles. The molecule has 1 aromatic rings. The molecule has 1 aliphatic carbocycles. The fraction of sp³-hybridized carbons (Fsp3) is 0.684. The van der Waals surface area contributed by atoms with Crippen LogP contribution in [0.2, 0.25) is 0 Å². The van der Waals surface area contributed by atoms with Gasteiger partial charge < -0.3 is 9.47 Å². The van der Waals surface area contributed by atoms with Crippen molar-refractivity contribution in [1.82, 2.24) is 9.80 Å². The molecular weight excluding hydrogens is 359 g/mol. The molecule has 0 N–H and O–H groups in total. The topological polar surface area (TPSA) is 24.9 Å². The minimum absolute atomic E-state index is 0. The van der Waals surface area contributed by atoms with Gasteiger partial charge in [0.2, 0.25) is 0 Å². The van der Waals surface area contributed by atoms with Crippen molar-refractivity contribution in [2.75, 3.05) is 46.4 Å². The highest BCUT2D eigenvalue weighted by molar-refractivity contribution is 5.85. The summed E-state index contributed by atoms with van der Waals surface area (Å²) in [4.78, 5) is 5.25. The SMILES string of the molecule is COc1cccc(OCCN2CCN(C3CCCCC3)CC2)c1.Cl.Cl. The maximum atomic E-state index is 5.86. The summed E-state index contributed by atoms with van der Waals surface area (Å²) in [7, 11) is 1.69. The van der Waals surface area contributed by atoms with Crippen molar-refractivity contribution in [3.8, 4) is 11.5 Å². The van der Waals surface area contributed by atoms with Crippen LogP contribution in [0.3, 0.4) is 0 Å². The summed E-state index contributed by atoms with van der Waals surface area (Å²) in [5.41, 5.74) is 0. The van der Waals surface area contributed by atoms with Crippen LogP contribution in [0.4, 0.5) is 0 Å². The minimum atomic E-state index is 0. The van der Waals surface area contributed by atoms with E-state index in [2.05, 4.69) is 9.80 Å². The molecule has 1 aliphatic heterocycles. The smallest absolute Gasteiger partial charge is 0.123 e. The second-order valence-electron chi connectivity index (χ2n) is 6.70. The van der Waals surface area contributed by atoms with Gasteiger partial charge in [-0.15, -0.1) is 24.8 Å². The van der Waals surface area contributed by atoms with Crippen molar-refractivity contribution in [2.45, 2.75) is 38.1 Å². The van der Waals surface area contributed by atoms with E-state index >= 15 is 0 Å². The molecule has 1 heterocycles. The zero-order valence-corrected chi connectivity index (χ0v) is 16.8. The Morgan fingerprint density at radius 1 is 0.960 bits per heavy atom. The van der Waals surface area contributed by atoms with Crippen LogP contribution >= 0.6 is 24.8 Å². The Hall–Kier alpha value is -0.680. The van der Waals surface area contributed by atoms with Gasteiger partial charge in [-0.25, -0.2) is 0 Å². The summed E-state index contributed by atoms with van der Waals surface area (Å²) >= 11 is 0. The molecule has 1 aromatic carbocycles. The molecular formula is C19H32Cl2N2O2. The van der Waals surface area contributed by atoms with E-state index in [0.29, 0.717) is 0 Å². The van der Waals surface area contributed by atoms with E-state index in [4.69, 9.17) is 9.47 Å². The summed E-state index contributed by atoms with van der Waals surface area (Å²) in [6.07, 6.45) is 7.13. The first-order valence-corrected chi connectivity index (χ1v) is 9.08. The number of piperazine rings is 1. The fourth-order valence-electron chi connectivity index (χ4n) is 3.78. The van der Waals surface area contributed by atoms with Crippen LogP contribution in [-0.4, -0.2) is 62.3 Å². The van der Waals surface area contributed by atoms with E-state index in [9.17, 15) is 0 Å². The van der Waals surface area contributed by atoms with Gasteiger partial charge >= 0.3 is 0 Å². The Morgan fingerprint density at radius 2 is 1.64 bits per heavy atom. The maximum Gasteiger partial charge on any atom is 0.123 e. The summed E-state index contributed by atoms with van der Waals surface area (Å²) in [5.74, 6) is 1.74. The number of methoxy groups -OCH3 is 1. The van der Waals surface area contributed by atoms with E-state index in [0.717, 1.165) is 30.7 Å². The van der Waals surface area contributed by atoms with Gasteiger partial charge in [0.05, 0.1) is 7.11 Å². The van der Waals surface area contributed by atoms with Crippen LogP contribution < -0.4 is 9.47 Å². The molecule has 1 saturated carbocycles. The minimum Gasteiger partial charge on any atom is -0.497 e. The van der Waals surface area contributed by atoms with Crippen LogP contribution in [0, 0.1) is 0 Å². The van der Waals surface area contributed by atoms with Gasteiger partial charge in [0.1, 0.15) is 18.1 Å². The van der Waals surface area contributed by atoms with Gasteiger partial charge in [-0.3, -0.25) is 9.80 Å². The molecule has 25 heavy (non-hydrogen) atoms. The van der Waals surface area contributed by atoms with Crippen molar-refractivity contribution in [3.63, 3.8) is 0 Å². The molecule has 4 nitrogen and oxygen atoms in total. The van der Waals surface area contributed by atoms with Crippen LogP contribution in [0.25, 0.3) is 0 Å². The molecule has 0 bridgehead atoms. The van der Waals surface area contributed by atoms with Crippen molar-refractivity contribution in [2.24, 2.45) is 0 Å². The number of ether oxygens (including phenoxy) is 2. The van der Waals surface area contributed by atoms with Gasteiger partial charge in [0.25, 0.3) is 0 Å². The molecule has 0 amide bonds. The summed E-state index contributed by atoms with van der Waals surface area (Å²) in [6, 6.07) is 8.71. The first kappa shape index (κ1) is 22.4. The van der Waals surface area contributed by atoms with Gasteiger partial charge in [-0.05, 0) is 25.0 Å². The molecule has 0 atom stereocenters. The third-order valence-corrected chi connectivity index (χ3v) is 5.22. The van der Waals surface area contributed by atoms with Crippen LogP contribution in [0.15, 0.2) is 24.3 Å². The summed E-state index contributed by atoms with van der Waals surface area (Å²) < 4.78 is 11.1. The third-order valence-electron chi connectivity index (χ3n) is 5.22. The van der Waals surface area contributed by atoms with Gasteiger partial charge in [-0.2, -0.15) is 0 Å². The third kappa shape index (κ3) is 6.86. The lowest BCUT2D eigenvalue weighted by molar-refractivity contribution is 0.0718.